The van der Waals surface area contributed by atoms with Gasteiger partial charge in [-0.1, -0.05) is 19.9 Å². The van der Waals surface area contributed by atoms with Crippen molar-refractivity contribution >= 4 is 21.6 Å². The molecule has 2 rings (SSSR count). The summed E-state index contributed by atoms with van der Waals surface area (Å²) in [5.41, 5.74) is 0.742. The second kappa shape index (κ2) is 9.41. The van der Waals surface area contributed by atoms with Crippen LogP contribution in [0.2, 0.25) is 0 Å². The van der Waals surface area contributed by atoms with Crippen molar-refractivity contribution in [1.29, 1.82) is 0 Å². The largest absolute Gasteiger partial charge is 0.494 e. The van der Waals surface area contributed by atoms with Gasteiger partial charge in [0.05, 0.1) is 11.5 Å². The van der Waals surface area contributed by atoms with Gasteiger partial charge in [-0.3, -0.25) is 9.52 Å². The predicted octanol–water partition coefficient (Wildman–Crippen LogP) is 3.66. The van der Waals surface area contributed by atoms with Crippen molar-refractivity contribution < 1.29 is 17.9 Å². The lowest BCUT2D eigenvalue weighted by Gasteiger charge is -2.11. The van der Waals surface area contributed by atoms with Crippen molar-refractivity contribution in [2.75, 3.05) is 17.9 Å². The first kappa shape index (κ1) is 20.8. The summed E-state index contributed by atoms with van der Waals surface area (Å²) in [6.07, 6.45) is 0.885. The Bertz CT molecular complexity index is 862. The Balaban J connectivity index is 2.08. The van der Waals surface area contributed by atoms with Crippen LogP contribution < -0.4 is 14.8 Å². The molecule has 0 aliphatic heterocycles. The van der Waals surface area contributed by atoms with Gasteiger partial charge in [0.1, 0.15) is 5.75 Å². The van der Waals surface area contributed by atoms with Crippen LogP contribution in [0.25, 0.3) is 0 Å². The summed E-state index contributed by atoms with van der Waals surface area (Å²) in [5.74, 6) is 0.881. The molecular formula is C20H26N2O4S. The minimum Gasteiger partial charge on any atom is -0.494 e. The van der Waals surface area contributed by atoms with Gasteiger partial charge in [0, 0.05) is 17.8 Å². The van der Waals surface area contributed by atoms with E-state index in [1.165, 1.54) is 18.2 Å². The maximum absolute atomic E-state index is 12.5. The lowest BCUT2D eigenvalue weighted by molar-refractivity contribution is 0.0952. The second-order valence-corrected chi connectivity index (χ2v) is 8.21. The summed E-state index contributed by atoms with van der Waals surface area (Å²) in [6, 6.07) is 12.6. The number of benzene rings is 2. The normalized spacial score (nSPS) is 11.3. The summed E-state index contributed by atoms with van der Waals surface area (Å²) in [5, 5.41) is 2.84. The predicted molar refractivity (Wildman–Crippen MR) is 107 cm³/mol. The zero-order valence-electron chi connectivity index (χ0n) is 15.9. The molecule has 1 amide bonds. The molecule has 27 heavy (non-hydrogen) atoms. The van der Waals surface area contributed by atoms with Crippen molar-refractivity contribution in [2.45, 2.75) is 32.1 Å². The molecule has 0 aromatic heterocycles. The molecule has 2 N–H and O–H groups in total. The van der Waals surface area contributed by atoms with Crippen molar-refractivity contribution in [3.8, 4) is 5.75 Å². The van der Waals surface area contributed by atoms with E-state index in [1.807, 2.05) is 6.92 Å². The third-order valence-corrected chi connectivity index (χ3v) is 5.23. The highest BCUT2D eigenvalue weighted by Crippen LogP contribution is 2.20. The van der Waals surface area contributed by atoms with Gasteiger partial charge in [-0.05, 0) is 61.7 Å². The van der Waals surface area contributed by atoms with E-state index < -0.39 is 10.0 Å². The Morgan fingerprint density at radius 1 is 1.11 bits per heavy atom. The number of sulfonamides is 1. The molecule has 146 valence electrons. The van der Waals surface area contributed by atoms with E-state index in [9.17, 15) is 13.2 Å². The number of hydrogen-bond acceptors (Lipinski definition) is 4. The van der Waals surface area contributed by atoms with Crippen LogP contribution in [0.5, 0.6) is 5.75 Å². The summed E-state index contributed by atoms with van der Waals surface area (Å²) >= 11 is 0. The van der Waals surface area contributed by atoms with E-state index >= 15 is 0 Å². The van der Waals surface area contributed by atoms with Crippen LogP contribution in [-0.2, 0) is 10.0 Å². The molecule has 0 bridgehead atoms. The van der Waals surface area contributed by atoms with Crippen molar-refractivity contribution in [1.82, 2.24) is 5.32 Å². The van der Waals surface area contributed by atoms with Crippen LogP contribution >= 0.6 is 0 Å². The summed E-state index contributed by atoms with van der Waals surface area (Å²) in [6.45, 7) is 7.12. The molecule has 0 heterocycles. The second-order valence-electron chi connectivity index (χ2n) is 6.53. The monoisotopic (exact) mass is 390 g/mol. The topological polar surface area (TPSA) is 84.5 Å². The molecule has 0 radical (unpaired) electrons. The third-order valence-electron chi connectivity index (χ3n) is 3.83. The molecular weight excluding hydrogens is 364 g/mol. The molecule has 7 heteroatoms. The first-order chi connectivity index (χ1) is 12.8. The Morgan fingerprint density at radius 2 is 1.81 bits per heavy atom. The van der Waals surface area contributed by atoms with Gasteiger partial charge in [-0.15, -0.1) is 0 Å². The number of carbonyl (C=O) groups is 1. The van der Waals surface area contributed by atoms with Gasteiger partial charge in [0.15, 0.2) is 0 Å². The molecule has 0 spiro atoms. The van der Waals surface area contributed by atoms with Gasteiger partial charge in [0.2, 0.25) is 0 Å². The molecule has 0 unspecified atom stereocenters. The number of nitrogens with one attached hydrogen (secondary N) is 2. The van der Waals surface area contributed by atoms with E-state index in [1.54, 1.807) is 30.3 Å². The van der Waals surface area contributed by atoms with Crippen LogP contribution in [0.15, 0.2) is 53.4 Å². The Morgan fingerprint density at radius 3 is 2.44 bits per heavy atom. The lowest BCUT2D eigenvalue weighted by atomic mass is 10.1. The zero-order valence-corrected chi connectivity index (χ0v) is 16.7. The van der Waals surface area contributed by atoms with E-state index in [-0.39, 0.29) is 10.8 Å². The first-order valence-corrected chi connectivity index (χ1v) is 10.4. The van der Waals surface area contributed by atoms with Crippen LogP contribution in [-0.4, -0.2) is 27.5 Å². The third kappa shape index (κ3) is 6.29. The van der Waals surface area contributed by atoms with Crippen LogP contribution in [0.1, 0.15) is 37.6 Å². The molecule has 0 fully saturated rings. The summed E-state index contributed by atoms with van der Waals surface area (Å²) in [7, 11) is -3.75. The fourth-order valence-electron chi connectivity index (χ4n) is 2.40. The quantitative estimate of drug-likeness (QED) is 0.684. The van der Waals surface area contributed by atoms with Gasteiger partial charge < -0.3 is 10.1 Å². The number of rotatable bonds is 9. The van der Waals surface area contributed by atoms with E-state index in [4.69, 9.17) is 4.74 Å². The number of hydrogen-bond donors (Lipinski definition) is 2. The van der Waals surface area contributed by atoms with E-state index in [2.05, 4.69) is 23.9 Å². The van der Waals surface area contributed by atoms with E-state index in [0.717, 1.165) is 6.42 Å². The number of carbonyl (C=O) groups excluding carboxylic acids is 1. The molecule has 2 aromatic rings. The Kier molecular flexibility index (Phi) is 7.24. The van der Waals surface area contributed by atoms with Crippen molar-refractivity contribution in [3.05, 3.63) is 54.1 Å². The standard InChI is InChI=1S/C20H26N2O4S/c1-4-26-18-8-10-19(11-9-18)27(24,25)22-17-7-5-6-16(14-17)20(23)21-13-12-15(2)3/h5-11,14-15,22H,4,12-13H2,1-3H3,(H,21,23). The number of anilines is 1. The minimum atomic E-state index is -3.75. The van der Waals surface area contributed by atoms with Crippen molar-refractivity contribution in [2.24, 2.45) is 5.92 Å². The smallest absolute Gasteiger partial charge is 0.261 e. The maximum Gasteiger partial charge on any atom is 0.261 e. The van der Waals surface area contributed by atoms with Gasteiger partial charge in [-0.2, -0.15) is 0 Å². The first-order valence-electron chi connectivity index (χ1n) is 8.95. The zero-order chi connectivity index (χ0) is 19.9. The molecule has 0 saturated carbocycles. The highest BCUT2D eigenvalue weighted by atomic mass is 32.2. The number of ether oxygens (including phenoxy) is 1. The minimum absolute atomic E-state index is 0.123. The molecule has 6 nitrogen and oxygen atoms in total. The Labute approximate surface area is 161 Å². The van der Waals surface area contributed by atoms with Crippen LogP contribution in [0.3, 0.4) is 0 Å². The highest BCUT2D eigenvalue weighted by molar-refractivity contribution is 7.92. The molecule has 0 atom stereocenters. The fraction of sp³-hybridized carbons (Fsp3) is 0.350. The molecule has 0 saturated heterocycles. The average Bonchev–Trinajstić information content (AvgIpc) is 2.62. The highest BCUT2D eigenvalue weighted by Gasteiger charge is 2.15. The number of amides is 1. The van der Waals surface area contributed by atoms with E-state index in [0.29, 0.717) is 36.1 Å². The van der Waals surface area contributed by atoms with Crippen LogP contribution in [0.4, 0.5) is 5.69 Å². The van der Waals surface area contributed by atoms with Gasteiger partial charge in [-0.25, -0.2) is 8.42 Å². The SMILES string of the molecule is CCOc1ccc(S(=O)(=O)Nc2cccc(C(=O)NCCC(C)C)c2)cc1. The summed E-state index contributed by atoms with van der Waals surface area (Å²) in [4.78, 5) is 12.3. The molecule has 0 aliphatic carbocycles. The Hall–Kier alpha value is -2.54. The average molecular weight is 391 g/mol. The lowest BCUT2D eigenvalue weighted by Crippen LogP contribution is -2.25. The molecule has 0 aliphatic rings. The van der Waals surface area contributed by atoms with Crippen LogP contribution in [0, 0.1) is 5.92 Å². The summed E-state index contributed by atoms with van der Waals surface area (Å²) < 4.78 is 32.9. The maximum atomic E-state index is 12.5. The fourth-order valence-corrected chi connectivity index (χ4v) is 3.45. The van der Waals surface area contributed by atoms with Gasteiger partial charge >= 0.3 is 0 Å². The van der Waals surface area contributed by atoms with Gasteiger partial charge in [0.25, 0.3) is 15.9 Å². The van der Waals surface area contributed by atoms with Crippen molar-refractivity contribution in [3.63, 3.8) is 0 Å². The molecule has 2 aromatic carbocycles.